The lowest BCUT2D eigenvalue weighted by Crippen LogP contribution is -2.00. The molecule has 0 saturated carbocycles. The molecule has 0 N–H and O–H groups in total. The predicted molar refractivity (Wildman–Crippen MR) is 230 cm³/mol. The smallest absolute Gasteiger partial charge is 0.164 e. The van der Waals surface area contributed by atoms with Crippen molar-refractivity contribution in [3.63, 3.8) is 0 Å². The standard InChI is InChI=1S/C52H32N4O/c53-33-34-20-22-37(23-21-34)38-24-26-39(27-25-38)50-54-51(43-17-8-15-41(31-43)36-12-5-2-6-13-36)56-52(55-50)44-28-29-46-48(32-44)57-47-19-9-18-45(49(46)47)42-16-7-14-40(30-42)35-10-3-1-4-11-35/h1-32H. The molecule has 2 aromatic heterocycles. The predicted octanol–water partition coefficient (Wildman–Crippen LogP) is 13.3. The van der Waals surface area contributed by atoms with Crippen LogP contribution in [0.1, 0.15) is 5.56 Å². The lowest BCUT2D eigenvalue weighted by molar-refractivity contribution is 0.669. The Kier molecular flexibility index (Phi) is 8.48. The Morgan fingerprint density at radius 2 is 0.807 bits per heavy atom. The summed E-state index contributed by atoms with van der Waals surface area (Å²) in [6, 6.07) is 68.2. The number of hydrogen-bond acceptors (Lipinski definition) is 5. The minimum Gasteiger partial charge on any atom is -0.456 e. The molecule has 5 nitrogen and oxygen atoms in total. The van der Waals surface area contributed by atoms with Gasteiger partial charge in [0.15, 0.2) is 17.5 Å². The largest absolute Gasteiger partial charge is 0.456 e. The van der Waals surface area contributed by atoms with E-state index in [-0.39, 0.29) is 0 Å². The number of furan rings is 1. The molecule has 0 spiro atoms. The van der Waals surface area contributed by atoms with Gasteiger partial charge in [-0.05, 0) is 87.0 Å². The highest BCUT2D eigenvalue weighted by Crippen LogP contribution is 2.39. The summed E-state index contributed by atoms with van der Waals surface area (Å²) in [6.45, 7) is 0. The van der Waals surface area contributed by atoms with Crippen LogP contribution in [0.5, 0.6) is 0 Å². The summed E-state index contributed by atoms with van der Waals surface area (Å²) < 4.78 is 6.57. The summed E-state index contributed by atoms with van der Waals surface area (Å²) in [6.07, 6.45) is 0. The van der Waals surface area contributed by atoms with E-state index in [0.717, 1.165) is 72.0 Å². The van der Waals surface area contributed by atoms with Gasteiger partial charge < -0.3 is 4.42 Å². The minimum absolute atomic E-state index is 0.550. The second-order valence-electron chi connectivity index (χ2n) is 14.0. The molecule has 0 aliphatic carbocycles. The van der Waals surface area contributed by atoms with Crippen molar-refractivity contribution in [3.8, 4) is 84.7 Å². The monoisotopic (exact) mass is 728 g/mol. The maximum Gasteiger partial charge on any atom is 0.164 e. The molecule has 0 unspecified atom stereocenters. The zero-order chi connectivity index (χ0) is 38.1. The van der Waals surface area contributed by atoms with Gasteiger partial charge in [0.1, 0.15) is 11.2 Å². The van der Waals surface area contributed by atoms with Gasteiger partial charge in [-0.1, -0.05) is 152 Å². The molecule has 10 rings (SSSR count). The number of hydrogen-bond donors (Lipinski definition) is 0. The summed E-state index contributed by atoms with van der Waals surface area (Å²) in [7, 11) is 0. The Labute approximate surface area is 329 Å². The molecule has 57 heavy (non-hydrogen) atoms. The Bertz CT molecular complexity index is 3110. The fourth-order valence-electron chi connectivity index (χ4n) is 7.48. The number of nitriles is 1. The van der Waals surface area contributed by atoms with E-state index in [2.05, 4.69) is 115 Å². The third kappa shape index (κ3) is 6.52. The molecule has 5 heteroatoms. The first kappa shape index (κ1) is 33.6. The van der Waals surface area contributed by atoms with E-state index in [1.807, 2.05) is 84.9 Å². The van der Waals surface area contributed by atoms with Gasteiger partial charge in [-0.15, -0.1) is 0 Å². The lowest BCUT2D eigenvalue weighted by Gasteiger charge is -2.10. The van der Waals surface area contributed by atoms with E-state index in [0.29, 0.717) is 23.0 Å². The SMILES string of the molecule is N#Cc1ccc(-c2ccc(-c3nc(-c4cccc(-c5ccccc5)c4)nc(-c4ccc5c(c4)oc4cccc(-c6cccc(-c7ccccc7)c6)c45)n3)cc2)cc1. The van der Waals surface area contributed by atoms with Crippen LogP contribution in [0.4, 0.5) is 0 Å². The molecular weight excluding hydrogens is 697 g/mol. The molecule has 0 atom stereocenters. The van der Waals surface area contributed by atoms with Crippen LogP contribution in [-0.2, 0) is 0 Å². The average molecular weight is 729 g/mol. The van der Waals surface area contributed by atoms with Gasteiger partial charge >= 0.3 is 0 Å². The molecule has 2 heterocycles. The van der Waals surface area contributed by atoms with Gasteiger partial charge in [-0.25, -0.2) is 15.0 Å². The second kappa shape index (κ2) is 14.4. The van der Waals surface area contributed by atoms with Crippen molar-refractivity contribution in [1.29, 1.82) is 5.26 Å². The van der Waals surface area contributed by atoms with Gasteiger partial charge in [0.05, 0.1) is 11.6 Å². The zero-order valence-corrected chi connectivity index (χ0v) is 30.7. The Morgan fingerprint density at radius 3 is 1.44 bits per heavy atom. The zero-order valence-electron chi connectivity index (χ0n) is 30.7. The van der Waals surface area contributed by atoms with Crippen molar-refractivity contribution in [1.82, 2.24) is 15.0 Å². The summed E-state index contributed by atoms with van der Waals surface area (Å²) in [5, 5.41) is 11.3. The Hall–Kier alpha value is -7.94. The van der Waals surface area contributed by atoms with Gasteiger partial charge in [0.2, 0.25) is 0 Å². The summed E-state index contributed by atoms with van der Waals surface area (Å²) in [5.74, 6) is 1.69. The number of aromatic nitrogens is 3. The Balaban J connectivity index is 1.08. The van der Waals surface area contributed by atoms with Gasteiger partial charge in [0.25, 0.3) is 0 Å². The molecule has 0 radical (unpaired) electrons. The molecule has 0 saturated heterocycles. The fraction of sp³-hybridized carbons (Fsp3) is 0. The normalized spacial score (nSPS) is 11.1. The van der Waals surface area contributed by atoms with Crippen molar-refractivity contribution in [2.24, 2.45) is 0 Å². The van der Waals surface area contributed by atoms with E-state index in [1.165, 1.54) is 11.1 Å². The molecule has 10 aromatic rings. The highest BCUT2D eigenvalue weighted by molar-refractivity contribution is 6.13. The molecule has 8 aromatic carbocycles. The van der Waals surface area contributed by atoms with Crippen LogP contribution in [0.15, 0.2) is 199 Å². The van der Waals surface area contributed by atoms with Crippen LogP contribution in [0.3, 0.4) is 0 Å². The Morgan fingerprint density at radius 1 is 0.351 bits per heavy atom. The van der Waals surface area contributed by atoms with E-state index in [1.54, 1.807) is 0 Å². The highest BCUT2D eigenvalue weighted by Gasteiger charge is 2.17. The summed E-state index contributed by atoms with van der Waals surface area (Å²) in [4.78, 5) is 15.2. The first-order valence-corrected chi connectivity index (χ1v) is 18.8. The van der Waals surface area contributed by atoms with Crippen LogP contribution < -0.4 is 0 Å². The van der Waals surface area contributed by atoms with Crippen molar-refractivity contribution in [2.45, 2.75) is 0 Å². The van der Waals surface area contributed by atoms with Crippen molar-refractivity contribution >= 4 is 21.9 Å². The van der Waals surface area contributed by atoms with Gasteiger partial charge in [-0.2, -0.15) is 5.26 Å². The maximum atomic E-state index is 9.25. The minimum atomic E-state index is 0.550. The maximum absolute atomic E-state index is 9.25. The molecule has 0 fully saturated rings. The highest BCUT2D eigenvalue weighted by atomic mass is 16.3. The van der Waals surface area contributed by atoms with Crippen molar-refractivity contribution in [3.05, 3.63) is 200 Å². The van der Waals surface area contributed by atoms with E-state index in [4.69, 9.17) is 19.4 Å². The number of nitrogens with zero attached hydrogens (tertiary/aromatic N) is 4. The van der Waals surface area contributed by atoms with Crippen LogP contribution in [-0.4, -0.2) is 15.0 Å². The third-order valence-corrected chi connectivity index (χ3v) is 10.4. The molecule has 0 amide bonds. The van der Waals surface area contributed by atoms with Gasteiger partial charge in [0, 0.05) is 27.5 Å². The van der Waals surface area contributed by atoms with E-state index < -0.39 is 0 Å². The molecule has 266 valence electrons. The molecular formula is C52H32N4O. The lowest BCUT2D eigenvalue weighted by atomic mass is 9.96. The fourth-order valence-corrected chi connectivity index (χ4v) is 7.48. The third-order valence-electron chi connectivity index (χ3n) is 10.4. The first-order valence-electron chi connectivity index (χ1n) is 18.8. The molecule has 0 aliphatic rings. The first-order chi connectivity index (χ1) is 28.2. The number of benzene rings is 8. The van der Waals surface area contributed by atoms with E-state index in [9.17, 15) is 5.26 Å². The molecule has 0 bridgehead atoms. The summed E-state index contributed by atoms with van der Waals surface area (Å²) in [5.41, 5.74) is 13.6. The van der Waals surface area contributed by atoms with Crippen molar-refractivity contribution < 1.29 is 4.42 Å². The second-order valence-corrected chi connectivity index (χ2v) is 14.0. The topological polar surface area (TPSA) is 75.6 Å². The van der Waals surface area contributed by atoms with Gasteiger partial charge in [-0.3, -0.25) is 0 Å². The van der Waals surface area contributed by atoms with Crippen molar-refractivity contribution in [2.75, 3.05) is 0 Å². The number of fused-ring (bicyclic) bond motifs is 3. The van der Waals surface area contributed by atoms with E-state index >= 15 is 0 Å². The number of rotatable bonds is 7. The average Bonchev–Trinajstić information content (AvgIpc) is 3.68. The van der Waals surface area contributed by atoms with Crippen LogP contribution in [0.25, 0.3) is 101 Å². The van der Waals surface area contributed by atoms with Crippen LogP contribution in [0, 0.1) is 11.3 Å². The summed E-state index contributed by atoms with van der Waals surface area (Å²) >= 11 is 0. The molecule has 0 aliphatic heterocycles. The quantitative estimate of drug-likeness (QED) is 0.163. The van der Waals surface area contributed by atoms with Crippen LogP contribution in [0.2, 0.25) is 0 Å². The van der Waals surface area contributed by atoms with Crippen LogP contribution >= 0.6 is 0 Å².